The topological polar surface area (TPSA) is 113 Å². The molecule has 1 aliphatic carbocycles. The highest BCUT2D eigenvalue weighted by Crippen LogP contribution is 2.47. The zero-order valence-corrected chi connectivity index (χ0v) is 12.6. The average molecular weight is 303 g/mol. The van der Waals surface area contributed by atoms with Gasteiger partial charge in [-0.1, -0.05) is 12.1 Å². The molecule has 1 aliphatic heterocycles. The molecule has 0 aromatic carbocycles. The summed E-state index contributed by atoms with van der Waals surface area (Å²) in [6.45, 7) is 3.90. The summed E-state index contributed by atoms with van der Waals surface area (Å²) in [6, 6.07) is -0.375. The maximum Gasteiger partial charge on any atom is 0.236 e. The van der Waals surface area contributed by atoms with Crippen LogP contribution >= 0.6 is 0 Å². The summed E-state index contributed by atoms with van der Waals surface area (Å²) in [5.41, 5.74) is 4.76. The van der Waals surface area contributed by atoms with Crippen molar-refractivity contribution in [3.8, 4) is 0 Å². The number of sulfone groups is 1. The Morgan fingerprint density at radius 1 is 1.40 bits per heavy atom. The molecule has 0 bridgehead atoms. The lowest BCUT2D eigenvalue weighted by atomic mass is 9.61. The summed E-state index contributed by atoms with van der Waals surface area (Å²) in [6.07, 6.45) is 1.08. The molecule has 1 heterocycles. The normalized spacial score (nSPS) is 37.3. The molecule has 1 saturated heterocycles. The van der Waals surface area contributed by atoms with Crippen LogP contribution in [-0.4, -0.2) is 54.4 Å². The molecule has 0 radical (unpaired) electrons. The minimum atomic E-state index is -3.07. The molecule has 8 heteroatoms. The molecule has 1 unspecified atom stereocenters. The van der Waals surface area contributed by atoms with Crippen molar-refractivity contribution in [2.24, 2.45) is 22.2 Å². The quantitative estimate of drug-likeness (QED) is 0.317. The number of hydrogen-bond donors (Lipinski definition) is 2. The van der Waals surface area contributed by atoms with Crippen LogP contribution in [0.15, 0.2) is 5.16 Å². The Morgan fingerprint density at radius 3 is 2.45 bits per heavy atom. The number of nitrogens with two attached hydrogens (primary N) is 1. The van der Waals surface area contributed by atoms with Gasteiger partial charge in [-0.2, -0.15) is 0 Å². The van der Waals surface area contributed by atoms with Gasteiger partial charge in [0.05, 0.1) is 11.5 Å². The van der Waals surface area contributed by atoms with E-state index in [2.05, 4.69) is 5.16 Å². The molecule has 2 fully saturated rings. The Morgan fingerprint density at radius 2 is 2.00 bits per heavy atom. The number of hydrogen-bond acceptors (Lipinski definition) is 5. The monoisotopic (exact) mass is 303 g/mol. The van der Waals surface area contributed by atoms with Crippen molar-refractivity contribution in [2.75, 3.05) is 18.1 Å². The summed E-state index contributed by atoms with van der Waals surface area (Å²) in [5.74, 6) is 0.00318. The first-order chi connectivity index (χ1) is 9.22. The fraction of sp³-hybridized carbons (Fsp3) is 0.833. The molecule has 7 nitrogen and oxygen atoms in total. The first kappa shape index (κ1) is 15.1. The molecule has 20 heavy (non-hydrogen) atoms. The smallest absolute Gasteiger partial charge is 0.236 e. The Bertz CT molecular complexity index is 537. The fourth-order valence-corrected chi connectivity index (χ4v) is 4.85. The third kappa shape index (κ3) is 2.36. The molecular formula is C12H21N3O4S. The van der Waals surface area contributed by atoms with Crippen molar-refractivity contribution in [1.82, 2.24) is 4.90 Å². The van der Waals surface area contributed by atoms with Crippen LogP contribution < -0.4 is 5.73 Å². The van der Waals surface area contributed by atoms with Crippen LogP contribution in [0.25, 0.3) is 0 Å². The van der Waals surface area contributed by atoms with Crippen molar-refractivity contribution in [3.63, 3.8) is 0 Å². The predicted octanol–water partition coefficient (Wildman–Crippen LogP) is -0.205. The van der Waals surface area contributed by atoms with E-state index in [0.29, 0.717) is 18.8 Å². The van der Waals surface area contributed by atoms with Gasteiger partial charge in [-0.3, -0.25) is 4.79 Å². The van der Waals surface area contributed by atoms with Crippen molar-refractivity contribution in [1.29, 1.82) is 0 Å². The van der Waals surface area contributed by atoms with Gasteiger partial charge in [0, 0.05) is 12.6 Å². The van der Waals surface area contributed by atoms with Crippen LogP contribution in [-0.2, 0) is 14.6 Å². The van der Waals surface area contributed by atoms with E-state index in [-0.39, 0.29) is 35.8 Å². The SMILES string of the molecule is CC1CC(C(=O)N2CCS(=O)(=O)CC2C)(C(N)=NO)C1. The van der Waals surface area contributed by atoms with Crippen molar-refractivity contribution >= 4 is 21.6 Å². The highest BCUT2D eigenvalue weighted by Gasteiger charge is 2.54. The van der Waals surface area contributed by atoms with Gasteiger partial charge >= 0.3 is 0 Å². The molecule has 2 rings (SSSR count). The first-order valence-electron chi connectivity index (χ1n) is 6.71. The van der Waals surface area contributed by atoms with Gasteiger partial charge in [-0.25, -0.2) is 8.42 Å². The van der Waals surface area contributed by atoms with Gasteiger partial charge < -0.3 is 15.8 Å². The number of oxime groups is 1. The molecule has 0 aromatic rings. The van der Waals surface area contributed by atoms with E-state index < -0.39 is 15.3 Å². The first-order valence-corrected chi connectivity index (χ1v) is 8.53. The lowest BCUT2D eigenvalue weighted by molar-refractivity contribution is -0.146. The third-order valence-corrected chi connectivity index (χ3v) is 6.13. The number of amidine groups is 1. The molecule has 0 spiro atoms. The maximum absolute atomic E-state index is 12.7. The van der Waals surface area contributed by atoms with Gasteiger partial charge in [0.25, 0.3) is 0 Å². The zero-order chi connectivity index (χ0) is 15.1. The molecule has 1 saturated carbocycles. The molecular weight excluding hydrogens is 282 g/mol. The van der Waals surface area contributed by atoms with Crippen molar-refractivity contribution in [3.05, 3.63) is 0 Å². The minimum Gasteiger partial charge on any atom is -0.409 e. The molecule has 2 aliphatic rings. The van der Waals surface area contributed by atoms with E-state index in [9.17, 15) is 13.2 Å². The minimum absolute atomic E-state index is 0.0229. The second kappa shape index (κ2) is 4.91. The summed E-state index contributed by atoms with van der Waals surface area (Å²) >= 11 is 0. The van der Waals surface area contributed by atoms with E-state index in [1.54, 1.807) is 11.8 Å². The highest BCUT2D eigenvalue weighted by atomic mass is 32.2. The van der Waals surface area contributed by atoms with E-state index in [4.69, 9.17) is 10.9 Å². The summed E-state index contributed by atoms with van der Waals surface area (Å²) < 4.78 is 23.2. The van der Waals surface area contributed by atoms with Gasteiger partial charge in [-0.05, 0) is 25.7 Å². The lowest BCUT2D eigenvalue weighted by Gasteiger charge is -2.48. The number of amides is 1. The van der Waals surface area contributed by atoms with Gasteiger partial charge in [0.1, 0.15) is 5.41 Å². The van der Waals surface area contributed by atoms with Crippen LogP contribution in [0.3, 0.4) is 0 Å². The lowest BCUT2D eigenvalue weighted by Crippen LogP contribution is -2.61. The average Bonchev–Trinajstić information content (AvgIpc) is 2.32. The Hall–Kier alpha value is -1.31. The highest BCUT2D eigenvalue weighted by molar-refractivity contribution is 7.91. The molecule has 1 amide bonds. The molecule has 114 valence electrons. The van der Waals surface area contributed by atoms with Crippen molar-refractivity contribution < 1.29 is 18.4 Å². The second-order valence-corrected chi connectivity index (χ2v) is 8.27. The molecule has 1 atom stereocenters. The van der Waals surface area contributed by atoms with Crippen LogP contribution in [0, 0.1) is 11.3 Å². The second-order valence-electron chi connectivity index (χ2n) is 6.04. The third-order valence-electron chi connectivity index (χ3n) is 4.33. The van der Waals surface area contributed by atoms with Gasteiger partial charge in [-0.15, -0.1) is 0 Å². The van der Waals surface area contributed by atoms with Crippen LogP contribution in [0.5, 0.6) is 0 Å². The van der Waals surface area contributed by atoms with Crippen molar-refractivity contribution in [2.45, 2.75) is 32.7 Å². The van der Waals surface area contributed by atoms with E-state index in [1.165, 1.54) is 0 Å². The maximum atomic E-state index is 12.7. The summed E-state index contributed by atoms with van der Waals surface area (Å²) in [4.78, 5) is 14.3. The number of carbonyl (C=O) groups excluding carboxylic acids is 1. The van der Waals surface area contributed by atoms with E-state index >= 15 is 0 Å². The van der Waals surface area contributed by atoms with Gasteiger partial charge in [0.2, 0.25) is 5.91 Å². The van der Waals surface area contributed by atoms with Crippen LogP contribution in [0.4, 0.5) is 0 Å². The zero-order valence-electron chi connectivity index (χ0n) is 11.7. The molecule has 0 aromatic heterocycles. The van der Waals surface area contributed by atoms with Crippen LogP contribution in [0.1, 0.15) is 26.7 Å². The molecule has 3 N–H and O–H groups in total. The summed E-state index contributed by atoms with van der Waals surface area (Å²) in [5, 5.41) is 11.9. The van der Waals surface area contributed by atoms with E-state index in [1.807, 2.05) is 6.92 Å². The predicted molar refractivity (Wildman–Crippen MR) is 74.1 cm³/mol. The largest absolute Gasteiger partial charge is 0.409 e. The fourth-order valence-electron chi connectivity index (χ4n) is 3.29. The van der Waals surface area contributed by atoms with E-state index in [0.717, 1.165) is 0 Å². The number of rotatable bonds is 2. The Kier molecular flexibility index (Phi) is 3.70. The number of nitrogens with zero attached hydrogens (tertiary/aromatic N) is 2. The number of carbonyl (C=O) groups is 1. The van der Waals surface area contributed by atoms with Gasteiger partial charge in [0.15, 0.2) is 15.7 Å². The Balaban J connectivity index is 2.22. The van der Waals surface area contributed by atoms with Crippen LogP contribution in [0.2, 0.25) is 0 Å². The summed E-state index contributed by atoms with van der Waals surface area (Å²) in [7, 11) is -3.07. The Labute approximate surface area is 118 Å². The standard InChI is InChI=1S/C12H21N3O4S/c1-8-5-12(6-8,10(13)14-17)11(16)15-3-4-20(18,19)7-9(15)2/h8-9,17H,3-7H2,1-2H3,(H2,13,14).